The Hall–Kier alpha value is -1.79. The zero-order valence-corrected chi connectivity index (χ0v) is 10.7. The lowest BCUT2D eigenvalue weighted by Crippen LogP contribution is -2.13. The van der Waals surface area contributed by atoms with Gasteiger partial charge in [-0.15, -0.1) is 0 Å². The summed E-state index contributed by atoms with van der Waals surface area (Å²) in [6, 6.07) is 7.47. The van der Waals surface area contributed by atoms with Crippen LogP contribution >= 0.6 is 11.3 Å². The Morgan fingerprint density at radius 1 is 1.44 bits per heavy atom. The highest BCUT2D eigenvalue weighted by Crippen LogP contribution is 2.22. The minimum atomic E-state index is -0.365. The second-order valence-electron chi connectivity index (χ2n) is 3.92. The number of hydrogen-bond donors (Lipinski definition) is 1. The second kappa shape index (κ2) is 5.70. The van der Waals surface area contributed by atoms with E-state index >= 15 is 0 Å². The highest BCUT2D eigenvalue weighted by molar-refractivity contribution is 7.13. The zero-order chi connectivity index (χ0) is 13.0. The van der Waals surface area contributed by atoms with Crippen molar-refractivity contribution in [3.05, 3.63) is 56.7 Å². The third-order valence-corrected chi connectivity index (χ3v) is 3.33. The molecule has 0 aliphatic carbocycles. The molecule has 2 rings (SSSR count). The first-order valence-electron chi connectivity index (χ1n) is 5.50. The molecule has 2 heterocycles. The molecule has 0 aliphatic rings. The van der Waals surface area contributed by atoms with Crippen LogP contribution in [0, 0.1) is 17.0 Å². The molecule has 0 amide bonds. The van der Waals surface area contributed by atoms with Gasteiger partial charge in [0.15, 0.2) is 0 Å². The van der Waals surface area contributed by atoms with Gasteiger partial charge in [-0.05, 0) is 24.6 Å². The van der Waals surface area contributed by atoms with E-state index in [1.54, 1.807) is 11.4 Å². The Kier molecular flexibility index (Phi) is 4.01. The van der Waals surface area contributed by atoms with Gasteiger partial charge in [-0.2, -0.15) is 0 Å². The Morgan fingerprint density at radius 2 is 2.28 bits per heavy atom. The van der Waals surface area contributed by atoms with Crippen LogP contribution in [0.15, 0.2) is 29.6 Å². The lowest BCUT2D eigenvalue weighted by Gasteiger charge is -2.03. The van der Waals surface area contributed by atoms with Crippen molar-refractivity contribution in [2.45, 2.75) is 20.0 Å². The van der Waals surface area contributed by atoms with Crippen molar-refractivity contribution in [3.63, 3.8) is 0 Å². The molecule has 18 heavy (non-hydrogen) atoms. The summed E-state index contributed by atoms with van der Waals surface area (Å²) in [5.74, 6) is 0. The Labute approximate surface area is 109 Å². The van der Waals surface area contributed by atoms with E-state index in [9.17, 15) is 10.1 Å². The van der Waals surface area contributed by atoms with Gasteiger partial charge in [0.05, 0.1) is 10.6 Å². The molecule has 0 unspecified atom stereocenters. The molecule has 0 spiro atoms. The molecule has 2 aromatic rings. The highest BCUT2D eigenvalue weighted by Gasteiger charge is 2.08. The number of aryl methyl sites for hydroxylation is 1. The van der Waals surface area contributed by atoms with Gasteiger partial charge in [0, 0.05) is 30.2 Å². The topological polar surface area (TPSA) is 68.1 Å². The minimum Gasteiger partial charge on any atom is -0.307 e. The van der Waals surface area contributed by atoms with Gasteiger partial charge in [-0.1, -0.05) is 17.4 Å². The highest BCUT2D eigenvalue weighted by atomic mass is 32.1. The molecule has 6 heteroatoms. The quantitative estimate of drug-likeness (QED) is 0.665. The Morgan fingerprint density at radius 3 is 2.94 bits per heavy atom. The molecule has 94 valence electrons. The number of aromatic nitrogens is 1. The van der Waals surface area contributed by atoms with Gasteiger partial charge < -0.3 is 5.32 Å². The van der Waals surface area contributed by atoms with Crippen LogP contribution < -0.4 is 5.32 Å². The fourth-order valence-corrected chi connectivity index (χ4v) is 2.31. The summed E-state index contributed by atoms with van der Waals surface area (Å²) in [4.78, 5) is 14.5. The fourth-order valence-electron chi connectivity index (χ4n) is 1.58. The maximum Gasteiger partial charge on any atom is 0.324 e. The standard InChI is InChI=1S/C12H13N3O2S/c1-9-3-2-4-11(14-9)7-13-6-10-5-12(15(16)17)18-8-10/h2-5,8,13H,6-7H2,1H3. The number of thiophene rings is 1. The number of nitro groups is 1. The molecule has 0 aromatic carbocycles. The van der Waals surface area contributed by atoms with Crippen LogP contribution in [0.3, 0.4) is 0 Å². The van der Waals surface area contributed by atoms with Crippen molar-refractivity contribution in [2.24, 2.45) is 0 Å². The summed E-state index contributed by atoms with van der Waals surface area (Å²) < 4.78 is 0. The summed E-state index contributed by atoms with van der Waals surface area (Å²) in [5, 5.41) is 15.7. The van der Waals surface area contributed by atoms with Gasteiger partial charge in [-0.3, -0.25) is 15.1 Å². The van der Waals surface area contributed by atoms with Crippen LogP contribution in [-0.2, 0) is 13.1 Å². The van der Waals surface area contributed by atoms with Crippen LogP contribution in [0.2, 0.25) is 0 Å². The van der Waals surface area contributed by atoms with E-state index in [1.807, 2.05) is 25.1 Å². The third kappa shape index (κ3) is 3.35. The predicted octanol–water partition coefficient (Wildman–Crippen LogP) is 2.65. The summed E-state index contributed by atoms with van der Waals surface area (Å²) in [7, 11) is 0. The average molecular weight is 263 g/mol. The first-order valence-corrected chi connectivity index (χ1v) is 6.38. The van der Waals surface area contributed by atoms with Crippen LogP contribution in [0.1, 0.15) is 17.0 Å². The number of nitrogens with zero attached hydrogens (tertiary/aromatic N) is 2. The summed E-state index contributed by atoms with van der Waals surface area (Å²) in [5.41, 5.74) is 2.89. The van der Waals surface area contributed by atoms with Crippen molar-refractivity contribution in [2.75, 3.05) is 0 Å². The maximum absolute atomic E-state index is 10.5. The SMILES string of the molecule is Cc1cccc(CNCc2csc([N+](=O)[O-])c2)n1. The van der Waals surface area contributed by atoms with E-state index in [1.165, 1.54) is 0 Å². The number of rotatable bonds is 5. The zero-order valence-electron chi connectivity index (χ0n) is 9.92. The van der Waals surface area contributed by atoms with E-state index in [-0.39, 0.29) is 9.92 Å². The van der Waals surface area contributed by atoms with Gasteiger partial charge in [-0.25, -0.2) is 0 Å². The smallest absolute Gasteiger partial charge is 0.307 e. The minimum absolute atomic E-state index is 0.181. The molecule has 0 fully saturated rings. The van der Waals surface area contributed by atoms with Crippen molar-refractivity contribution < 1.29 is 4.92 Å². The molecule has 0 bridgehead atoms. The molecule has 0 atom stereocenters. The Bertz CT molecular complexity index is 554. The summed E-state index contributed by atoms with van der Waals surface area (Å²) >= 11 is 1.15. The first kappa shape index (κ1) is 12.7. The predicted molar refractivity (Wildman–Crippen MR) is 70.5 cm³/mol. The molecule has 5 nitrogen and oxygen atoms in total. The number of nitrogens with one attached hydrogen (secondary N) is 1. The number of hydrogen-bond acceptors (Lipinski definition) is 5. The van der Waals surface area contributed by atoms with Crippen molar-refractivity contribution in [1.29, 1.82) is 0 Å². The summed E-state index contributed by atoms with van der Waals surface area (Å²) in [6.45, 7) is 3.22. The molecule has 0 aliphatic heterocycles. The normalized spacial score (nSPS) is 10.5. The van der Waals surface area contributed by atoms with Crippen LogP contribution in [0.4, 0.5) is 5.00 Å². The van der Waals surface area contributed by atoms with Crippen LogP contribution in [0.5, 0.6) is 0 Å². The summed E-state index contributed by atoms with van der Waals surface area (Å²) in [6.07, 6.45) is 0. The van der Waals surface area contributed by atoms with E-state index in [0.29, 0.717) is 13.1 Å². The van der Waals surface area contributed by atoms with Gasteiger partial charge in [0.1, 0.15) is 0 Å². The fraction of sp³-hybridized carbons (Fsp3) is 0.250. The first-order chi connectivity index (χ1) is 8.65. The van der Waals surface area contributed by atoms with E-state index < -0.39 is 0 Å². The molecule has 0 saturated heterocycles. The van der Waals surface area contributed by atoms with Crippen molar-refractivity contribution in [1.82, 2.24) is 10.3 Å². The molecule has 2 aromatic heterocycles. The molecular formula is C12H13N3O2S. The van der Waals surface area contributed by atoms with Crippen molar-refractivity contribution in [3.8, 4) is 0 Å². The van der Waals surface area contributed by atoms with Crippen LogP contribution in [-0.4, -0.2) is 9.91 Å². The van der Waals surface area contributed by atoms with E-state index in [0.717, 1.165) is 28.3 Å². The Balaban J connectivity index is 1.86. The molecular weight excluding hydrogens is 250 g/mol. The van der Waals surface area contributed by atoms with Gasteiger partial charge in [0.25, 0.3) is 0 Å². The molecule has 1 N–H and O–H groups in total. The number of pyridine rings is 1. The van der Waals surface area contributed by atoms with Crippen molar-refractivity contribution >= 4 is 16.3 Å². The monoisotopic (exact) mass is 263 g/mol. The lowest BCUT2D eigenvalue weighted by atomic mass is 10.3. The van der Waals surface area contributed by atoms with Gasteiger partial charge >= 0.3 is 5.00 Å². The molecule has 0 radical (unpaired) electrons. The second-order valence-corrected chi connectivity index (χ2v) is 4.81. The van der Waals surface area contributed by atoms with E-state index in [4.69, 9.17) is 0 Å². The van der Waals surface area contributed by atoms with E-state index in [2.05, 4.69) is 10.3 Å². The lowest BCUT2D eigenvalue weighted by molar-refractivity contribution is -0.380. The molecule has 0 saturated carbocycles. The maximum atomic E-state index is 10.5. The third-order valence-electron chi connectivity index (χ3n) is 2.40. The van der Waals surface area contributed by atoms with Crippen LogP contribution in [0.25, 0.3) is 0 Å². The van der Waals surface area contributed by atoms with Gasteiger partial charge in [0.2, 0.25) is 0 Å². The largest absolute Gasteiger partial charge is 0.324 e. The average Bonchev–Trinajstić information content (AvgIpc) is 2.78.